The SMILES string of the molecule is [2H]C(C1CNCC1OCCCCCC(=O)O)N(C(=O)c1ccc(-c2ccco2)cc1)C(C)C. The van der Waals surface area contributed by atoms with E-state index in [1.165, 1.54) is 0 Å². The number of hydrogen-bond acceptors (Lipinski definition) is 5. The number of ether oxygens (including phenoxy) is 1. The Morgan fingerprint density at radius 2 is 2.00 bits per heavy atom. The lowest BCUT2D eigenvalue weighted by atomic mass is 10.0. The van der Waals surface area contributed by atoms with Crippen LogP contribution >= 0.6 is 0 Å². The highest BCUT2D eigenvalue weighted by molar-refractivity contribution is 5.94. The largest absolute Gasteiger partial charge is 0.481 e. The van der Waals surface area contributed by atoms with Crippen LogP contribution in [0, 0.1) is 5.92 Å². The monoisotopic (exact) mass is 443 g/mol. The summed E-state index contributed by atoms with van der Waals surface area (Å²) in [6, 6.07) is 10.8. The minimum absolute atomic E-state index is 0.137. The standard InChI is InChI=1S/C25H34N2O5/c1-18(2)27(25(30)20-11-9-19(10-12-20)22-7-6-14-31-22)17-21-15-26-16-23(21)32-13-5-3-4-8-24(28)29/h6-7,9-12,14,18,21,23,26H,3-5,8,13,15-17H2,1-2H3,(H,28,29)/i17D. The first-order valence-corrected chi connectivity index (χ1v) is 11.3. The minimum Gasteiger partial charge on any atom is -0.481 e. The van der Waals surface area contributed by atoms with E-state index in [9.17, 15) is 9.59 Å². The van der Waals surface area contributed by atoms with Crippen molar-refractivity contribution in [2.45, 2.75) is 51.7 Å². The Morgan fingerprint density at radius 3 is 2.66 bits per heavy atom. The summed E-state index contributed by atoms with van der Waals surface area (Å²) in [5.41, 5.74) is 1.44. The van der Waals surface area contributed by atoms with Crippen LogP contribution in [0.1, 0.15) is 51.3 Å². The fraction of sp³-hybridized carbons (Fsp3) is 0.520. The van der Waals surface area contributed by atoms with E-state index in [4.69, 9.17) is 15.6 Å². The molecule has 3 atom stereocenters. The highest BCUT2D eigenvalue weighted by Gasteiger charge is 2.32. The number of rotatable bonds is 12. The normalized spacial score (nSPS) is 19.7. The van der Waals surface area contributed by atoms with E-state index in [2.05, 4.69) is 5.32 Å². The van der Waals surface area contributed by atoms with Gasteiger partial charge in [0.05, 0.1) is 12.4 Å². The number of nitrogens with one attached hydrogen (secondary N) is 1. The zero-order valence-corrected chi connectivity index (χ0v) is 18.8. The lowest BCUT2D eigenvalue weighted by molar-refractivity contribution is -0.137. The van der Waals surface area contributed by atoms with Crippen LogP contribution in [0.25, 0.3) is 11.3 Å². The number of aliphatic carboxylic acids is 1. The van der Waals surface area contributed by atoms with Crippen molar-refractivity contribution in [2.75, 3.05) is 26.2 Å². The van der Waals surface area contributed by atoms with Crippen LogP contribution < -0.4 is 5.32 Å². The Bertz CT molecular complexity index is 885. The quantitative estimate of drug-likeness (QED) is 0.481. The van der Waals surface area contributed by atoms with Gasteiger partial charge in [0.25, 0.3) is 5.91 Å². The summed E-state index contributed by atoms with van der Waals surface area (Å²) in [7, 11) is 0. The molecule has 1 amide bonds. The Kier molecular flexibility index (Phi) is 8.34. The highest BCUT2D eigenvalue weighted by Crippen LogP contribution is 2.22. The Balaban J connectivity index is 1.60. The predicted octanol–water partition coefficient (Wildman–Crippen LogP) is 4.05. The summed E-state index contributed by atoms with van der Waals surface area (Å²) < 4.78 is 20.4. The molecule has 174 valence electrons. The summed E-state index contributed by atoms with van der Waals surface area (Å²) in [5.74, 6) is -0.344. The average Bonchev–Trinajstić information content (AvgIpc) is 3.48. The maximum atomic E-state index is 13.3. The molecule has 1 aliphatic heterocycles. The first kappa shape index (κ1) is 22.6. The first-order valence-electron chi connectivity index (χ1n) is 11.9. The molecule has 1 aromatic carbocycles. The molecular weight excluding hydrogens is 408 g/mol. The van der Waals surface area contributed by atoms with Crippen molar-refractivity contribution in [3.8, 4) is 11.3 Å². The molecule has 3 rings (SSSR count). The van der Waals surface area contributed by atoms with Crippen LogP contribution in [-0.2, 0) is 9.53 Å². The zero-order valence-electron chi connectivity index (χ0n) is 19.8. The molecule has 0 bridgehead atoms. The fourth-order valence-corrected chi connectivity index (χ4v) is 3.85. The topological polar surface area (TPSA) is 92.0 Å². The number of nitrogens with zero attached hydrogens (tertiary/aromatic N) is 1. The van der Waals surface area contributed by atoms with Gasteiger partial charge < -0.3 is 24.5 Å². The molecule has 0 saturated carbocycles. The Labute approximate surface area is 191 Å². The van der Waals surface area contributed by atoms with Gasteiger partial charge in [-0.15, -0.1) is 0 Å². The molecule has 1 fully saturated rings. The highest BCUT2D eigenvalue weighted by atomic mass is 16.5. The molecule has 2 N–H and O–H groups in total. The molecule has 7 heteroatoms. The maximum Gasteiger partial charge on any atom is 0.303 e. The van der Waals surface area contributed by atoms with Crippen LogP contribution in [-0.4, -0.2) is 60.2 Å². The molecule has 32 heavy (non-hydrogen) atoms. The second-order valence-electron chi connectivity index (χ2n) is 8.45. The summed E-state index contributed by atoms with van der Waals surface area (Å²) >= 11 is 0. The van der Waals surface area contributed by atoms with E-state index in [-0.39, 0.29) is 30.4 Å². The maximum absolute atomic E-state index is 13.3. The van der Waals surface area contributed by atoms with E-state index >= 15 is 0 Å². The van der Waals surface area contributed by atoms with Gasteiger partial charge >= 0.3 is 5.97 Å². The smallest absolute Gasteiger partial charge is 0.303 e. The number of carboxylic acids is 1. The van der Waals surface area contributed by atoms with Crippen LogP contribution in [0.3, 0.4) is 0 Å². The van der Waals surface area contributed by atoms with Crippen molar-refractivity contribution in [3.63, 3.8) is 0 Å². The van der Waals surface area contributed by atoms with Gasteiger partial charge in [0.15, 0.2) is 0 Å². The second kappa shape index (κ2) is 11.8. The number of hydrogen-bond donors (Lipinski definition) is 2. The molecule has 2 heterocycles. The number of carbonyl (C=O) groups excluding carboxylic acids is 1. The Hall–Kier alpha value is -2.64. The van der Waals surface area contributed by atoms with Crippen LogP contribution in [0.2, 0.25) is 0 Å². The Morgan fingerprint density at radius 1 is 1.22 bits per heavy atom. The van der Waals surface area contributed by atoms with Crippen molar-refractivity contribution in [3.05, 3.63) is 48.2 Å². The van der Waals surface area contributed by atoms with Gasteiger partial charge in [-0.2, -0.15) is 0 Å². The average molecular weight is 444 g/mol. The van der Waals surface area contributed by atoms with Gasteiger partial charge in [0, 0.05) is 57.1 Å². The third-order valence-electron chi connectivity index (χ3n) is 5.65. The summed E-state index contributed by atoms with van der Waals surface area (Å²) in [6.07, 6.45) is 3.86. The lowest BCUT2D eigenvalue weighted by Crippen LogP contribution is -2.43. The number of amides is 1. The third kappa shape index (κ3) is 6.68. The van der Waals surface area contributed by atoms with Crippen molar-refractivity contribution in [1.29, 1.82) is 0 Å². The van der Waals surface area contributed by atoms with E-state index < -0.39 is 12.5 Å². The van der Waals surface area contributed by atoms with E-state index in [0.717, 1.165) is 24.2 Å². The number of furan rings is 1. The molecule has 7 nitrogen and oxygen atoms in total. The van der Waals surface area contributed by atoms with Gasteiger partial charge in [-0.25, -0.2) is 0 Å². The van der Waals surface area contributed by atoms with Crippen molar-refractivity contribution >= 4 is 11.9 Å². The molecule has 1 aromatic heterocycles. The van der Waals surface area contributed by atoms with E-state index in [1.807, 2.05) is 38.1 Å². The van der Waals surface area contributed by atoms with Gasteiger partial charge in [0.1, 0.15) is 5.76 Å². The number of carbonyl (C=O) groups is 2. The predicted molar refractivity (Wildman–Crippen MR) is 123 cm³/mol. The number of unbranched alkanes of at least 4 members (excludes halogenated alkanes) is 2. The van der Waals surface area contributed by atoms with Gasteiger partial charge in [-0.3, -0.25) is 9.59 Å². The van der Waals surface area contributed by atoms with Crippen molar-refractivity contribution in [1.82, 2.24) is 10.2 Å². The molecule has 1 aliphatic rings. The fourth-order valence-electron chi connectivity index (χ4n) is 3.85. The lowest BCUT2D eigenvalue weighted by Gasteiger charge is -2.31. The minimum atomic E-state index is -0.776. The first-order chi connectivity index (χ1) is 15.9. The zero-order chi connectivity index (χ0) is 23.8. The third-order valence-corrected chi connectivity index (χ3v) is 5.65. The van der Waals surface area contributed by atoms with E-state index in [1.54, 1.807) is 23.3 Å². The molecule has 0 radical (unpaired) electrons. The molecular formula is C25H34N2O5. The van der Waals surface area contributed by atoms with Gasteiger partial charge in [0.2, 0.25) is 0 Å². The molecule has 1 saturated heterocycles. The second-order valence-corrected chi connectivity index (χ2v) is 8.45. The number of benzene rings is 1. The van der Waals surface area contributed by atoms with Crippen molar-refractivity contribution in [2.24, 2.45) is 5.92 Å². The van der Waals surface area contributed by atoms with Crippen molar-refractivity contribution < 1.29 is 25.2 Å². The van der Waals surface area contributed by atoms with Crippen LogP contribution in [0.5, 0.6) is 0 Å². The van der Waals surface area contributed by atoms with Gasteiger partial charge in [-0.1, -0.05) is 18.6 Å². The molecule has 0 aliphatic carbocycles. The summed E-state index contributed by atoms with van der Waals surface area (Å²) in [6.45, 7) is 4.90. The van der Waals surface area contributed by atoms with Crippen LogP contribution in [0.15, 0.2) is 47.1 Å². The summed E-state index contributed by atoms with van der Waals surface area (Å²) in [4.78, 5) is 25.6. The van der Waals surface area contributed by atoms with Crippen LogP contribution in [0.4, 0.5) is 0 Å². The van der Waals surface area contributed by atoms with E-state index in [0.29, 0.717) is 31.7 Å². The molecule has 3 unspecified atom stereocenters. The summed E-state index contributed by atoms with van der Waals surface area (Å²) in [5, 5.41) is 12.0. The molecule has 2 aromatic rings. The molecule has 0 spiro atoms. The van der Waals surface area contributed by atoms with Gasteiger partial charge in [-0.05, 0) is 51.0 Å². The number of carboxylic acid groups (broad SMARTS) is 1.